The van der Waals surface area contributed by atoms with Crippen LogP contribution in [0.3, 0.4) is 0 Å². The van der Waals surface area contributed by atoms with E-state index >= 15 is 0 Å². The first kappa shape index (κ1) is 17.1. The average molecular weight is 390 g/mol. The van der Waals surface area contributed by atoms with Crippen LogP contribution in [0.15, 0.2) is 52.2 Å². The van der Waals surface area contributed by atoms with Crippen LogP contribution in [0, 0.1) is 6.92 Å². The third-order valence-electron chi connectivity index (χ3n) is 4.41. The first-order chi connectivity index (χ1) is 12.3. The number of halogens is 1. The molecule has 1 aliphatic heterocycles. The molecule has 8 heteroatoms. The number of aryl methyl sites for hydroxylation is 1. The van der Waals surface area contributed by atoms with Gasteiger partial charge in [0, 0.05) is 17.4 Å². The Bertz CT molecular complexity index is 1120. The second kappa shape index (κ2) is 6.10. The van der Waals surface area contributed by atoms with Crippen LogP contribution in [0.25, 0.3) is 10.9 Å². The molecule has 134 valence electrons. The Morgan fingerprint density at radius 2 is 2.08 bits per heavy atom. The molecule has 1 aliphatic rings. The van der Waals surface area contributed by atoms with Crippen LogP contribution in [-0.4, -0.2) is 29.8 Å². The van der Waals surface area contributed by atoms with Crippen molar-refractivity contribution in [3.8, 4) is 0 Å². The van der Waals surface area contributed by atoms with Crippen molar-refractivity contribution in [1.29, 1.82) is 0 Å². The number of pyridine rings is 1. The second-order valence-corrected chi connectivity index (χ2v) is 8.49. The van der Waals surface area contributed by atoms with Gasteiger partial charge in [0.25, 0.3) is 0 Å². The highest BCUT2D eigenvalue weighted by Gasteiger charge is 2.37. The van der Waals surface area contributed by atoms with E-state index in [1.54, 1.807) is 12.1 Å². The molecule has 0 unspecified atom stereocenters. The van der Waals surface area contributed by atoms with E-state index in [-0.39, 0.29) is 5.15 Å². The number of furan rings is 1. The lowest BCUT2D eigenvalue weighted by Gasteiger charge is -2.22. The van der Waals surface area contributed by atoms with Gasteiger partial charge in [-0.15, -0.1) is 0 Å². The highest BCUT2D eigenvalue weighted by Crippen LogP contribution is 2.38. The Morgan fingerprint density at radius 1 is 1.27 bits per heavy atom. The van der Waals surface area contributed by atoms with Crippen LogP contribution in [0.1, 0.15) is 29.3 Å². The number of aromatic nitrogens is 1. The van der Waals surface area contributed by atoms with Gasteiger partial charge in [-0.1, -0.05) is 29.8 Å². The van der Waals surface area contributed by atoms with Gasteiger partial charge < -0.3 is 4.42 Å². The minimum Gasteiger partial charge on any atom is -0.463 e. The van der Waals surface area contributed by atoms with Crippen molar-refractivity contribution >= 4 is 38.2 Å². The number of hydrogen-bond acceptors (Lipinski definition) is 5. The lowest BCUT2D eigenvalue weighted by molar-refractivity contribution is 0.374. The van der Waals surface area contributed by atoms with Gasteiger partial charge >= 0.3 is 0 Å². The van der Waals surface area contributed by atoms with Crippen molar-refractivity contribution in [3.63, 3.8) is 0 Å². The van der Waals surface area contributed by atoms with E-state index in [1.165, 1.54) is 6.26 Å². The normalized spacial score (nSPS) is 17.7. The van der Waals surface area contributed by atoms with E-state index < -0.39 is 16.1 Å². The van der Waals surface area contributed by atoms with Gasteiger partial charge in [0.2, 0.25) is 10.0 Å². The summed E-state index contributed by atoms with van der Waals surface area (Å²) in [5.74, 6) is 0.543. The summed E-state index contributed by atoms with van der Waals surface area (Å²) in [5, 5.41) is 5.47. The van der Waals surface area contributed by atoms with E-state index in [0.29, 0.717) is 23.5 Å². The Labute approximate surface area is 156 Å². The van der Waals surface area contributed by atoms with Crippen molar-refractivity contribution in [2.45, 2.75) is 19.4 Å². The quantitative estimate of drug-likeness (QED) is 0.636. The molecule has 1 atom stereocenters. The van der Waals surface area contributed by atoms with Gasteiger partial charge in [-0.05, 0) is 30.7 Å². The van der Waals surface area contributed by atoms with Gasteiger partial charge in [-0.3, -0.25) is 0 Å². The van der Waals surface area contributed by atoms with Crippen LogP contribution in [0.5, 0.6) is 0 Å². The molecule has 3 heterocycles. The molecule has 0 spiro atoms. The summed E-state index contributed by atoms with van der Waals surface area (Å²) in [4.78, 5) is 4.49. The van der Waals surface area contributed by atoms with E-state index in [0.717, 1.165) is 27.1 Å². The van der Waals surface area contributed by atoms with Gasteiger partial charge in [-0.25, -0.2) is 13.4 Å². The minimum absolute atomic E-state index is 0.279. The molecule has 0 fully saturated rings. The number of sulfonamides is 1. The number of benzene rings is 1. The van der Waals surface area contributed by atoms with E-state index in [4.69, 9.17) is 16.0 Å². The van der Waals surface area contributed by atoms with Crippen LogP contribution < -0.4 is 0 Å². The van der Waals surface area contributed by atoms with E-state index in [2.05, 4.69) is 10.1 Å². The molecule has 26 heavy (non-hydrogen) atoms. The SMILES string of the molecule is Cc1cccc2cc([C@H]3CC(c4ccco4)=NN3S(C)(=O)=O)c(Cl)nc12. The van der Waals surface area contributed by atoms with Crippen LogP contribution in [-0.2, 0) is 10.0 Å². The zero-order valence-corrected chi connectivity index (χ0v) is 15.8. The largest absolute Gasteiger partial charge is 0.463 e. The zero-order chi connectivity index (χ0) is 18.5. The van der Waals surface area contributed by atoms with Gasteiger partial charge in [-0.2, -0.15) is 9.52 Å². The summed E-state index contributed by atoms with van der Waals surface area (Å²) < 4.78 is 31.0. The smallest absolute Gasteiger partial charge is 0.247 e. The van der Waals surface area contributed by atoms with E-state index in [1.807, 2.05) is 31.2 Å². The van der Waals surface area contributed by atoms with Gasteiger partial charge in [0.15, 0.2) is 0 Å². The number of fused-ring (bicyclic) bond motifs is 1. The van der Waals surface area contributed by atoms with Crippen molar-refractivity contribution in [3.05, 3.63) is 64.7 Å². The average Bonchev–Trinajstić information content (AvgIpc) is 3.24. The maximum atomic E-state index is 12.3. The fraction of sp³-hybridized carbons (Fsp3) is 0.222. The van der Waals surface area contributed by atoms with Gasteiger partial charge in [0.1, 0.15) is 16.6 Å². The molecule has 4 rings (SSSR count). The number of rotatable bonds is 3. The van der Waals surface area contributed by atoms with Gasteiger partial charge in [0.05, 0.1) is 24.1 Å². The number of para-hydroxylation sites is 1. The summed E-state index contributed by atoms with van der Waals surface area (Å²) in [6.07, 6.45) is 3.02. The summed E-state index contributed by atoms with van der Waals surface area (Å²) >= 11 is 6.44. The van der Waals surface area contributed by atoms with Crippen LogP contribution in [0.2, 0.25) is 5.15 Å². The number of nitrogens with zero attached hydrogens (tertiary/aromatic N) is 3. The summed E-state index contributed by atoms with van der Waals surface area (Å²) in [6.45, 7) is 1.96. The zero-order valence-electron chi connectivity index (χ0n) is 14.2. The molecule has 6 nitrogen and oxygen atoms in total. The standard InChI is InChI=1S/C18H16ClN3O3S/c1-11-5-3-6-12-9-13(18(19)20-17(11)12)15-10-14(16-7-4-8-25-16)21-22(15)26(2,23)24/h3-9,15H,10H2,1-2H3/t15-/m1/s1. The fourth-order valence-corrected chi connectivity index (χ4v) is 4.35. The number of hydrazone groups is 1. The molecular formula is C18H16ClN3O3S. The molecule has 0 saturated carbocycles. The third kappa shape index (κ3) is 2.87. The van der Waals surface area contributed by atoms with Crippen molar-refractivity contribution in [1.82, 2.24) is 9.40 Å². The fourth-order valence-electron chi connectivity index (χ4n) is 3.19. The molecule has 0 amide bonds. The monoisotopic (exact) mass is 389 g/mol. The van der Waals surface area contributed by atoms with Crippen molar-refractivity contribution in [2.75, 3.05) is 6.26 Å². The molecule has 0 aliphatic carbocycles. The third-order valence-corrected chi connectivity index (χ3v) is 5.72. The Morgan fingerprint density at radius 3 is 2.77 bits per heavy atom. The predicted octanol–water partition coefficient (Wildman–Crippen LogP) is 3.90. The summed E-state index contributed by atoms with van der Waals surface area (Å²) in [6, 6.07) is 10.7. The Balaban J connectivity index is 1.84. The molecule has 0 bridgehead atoms. The van der Waals surface area contributed by atoms with Crippen molar-refractivity contribution < 1.29 is 12.8 Å². The summed E-state index contributed by atoms with van der Waals surface area (Å²) in [7, 11) is -3.58. The lowest BCUT2D eigenvalue weighted by atomic mass is 10.0. The molecular weight excluding hydrogens is 374 g/mol. The predicted molar refractivity (Wildman–Crippen MR) is 101 cm³/mol. The molecule has 0 radical (unpaired) electrons. The Hall–Kier alpha value is -2.38. The summed E-state index contributed by atoms with van der Waals surface area (Å²) in [5.41, 5.74) is 3.00. The maximum Gasteiger partial charge on any atom is 0.247 e. The minimum atomic E-state index is -3.58. The highest BCUT2D eigenvalue weighted by molar-refractivity contribution is 7.88. The molecule has 0 N–H and O–H groups in total. The first-order valence-corrected chi connectivity index (χ1v) is 10.2. The first-order valence-electron chi connectivity index (χ1n) is 8.01. The molecule has 3 aromatic rings. The molecule has 0 saturated heterocycles. The van der Waals surface area contributed by atoms with E-state index in [9.17, 15) is 8.42 Å². The topological polar surface area (TPSA) is 75.8 Å². The Kier molecular flexibility index (Phi) is 4.00. The lowest BCUT2D eigenvalue weighted by Crippen LogP contribution is -2.26. The highest BCUT2D eigenvalue weighted by atomic mass is 35.5. The van der Waals surface area contributed by atoms with Crippen molar-refractivity contribution in [2.24, 2.45) is 5.10 Å². The second-order valence-electron chi connectivity index (χ2n) is 6.29. The molecule has 2 aromatic heterocycles. The number of hydrogen-bond donors (Lipinski definition) is 0. The maximum absolute atomic E-state index is 12.3. The van der Waals surface area contributed by atoms with Crippen LogP contribution in [0.4, 0.5) is 0 Å². The van der Waals surface area contributed by atoms with Crippen LogP contribution >= 0.6 is 11.6 Å². The molecule has 1 aromatic carbocycles.